The summed E-state index contributed by atoms with van der Waals surface area (Å²) in [5, 5.41) is 14.2. The summed E-state index contributed by atoms with van der Waals surface area (Å²) in [6, 6.07) is 19.8. The van der Waals surface area contributed by atoms with E-state index >= 15 is 0 Å². The van der Waals surface area contributed by atoms with Crippen LogP contribution in [0.5, 0.6) is 5.75 Å². The van der Waals surface area contributed by atoms with E-state index in [4.69, 9.17) is 21.1 Å². The molecule has 0 aliphatic rings. The SMILES string of the molecule is CCOC(=O)COc1ccc(S(=O)(=O)c2ccc(C[C@@H](C)NC[C@H](O)c3cccc(Cl)c3)cc2)cc1. The summed E-state index contributed by atoms with van der Waals surface area (Å²) in [5.41, 5.74) is 1.71. The number of benzene rings is 3. The molecule has 3 rings (SSSR count). The second-order valence-electron chi connectivity index (χ2n) is 8.30. The van der Waals surface area contributed by atoms with E-state index in [0.717, 1.165) is 11.1 Å². The van der Waals surface area contributed by atoms with Crippen molar-refractivity contribution in [1.82, 2.24) is 5.32 Å². The lowest BCUT2D eigenvalue weighted by Gasteiger charge is -2.18. The van der Waals surface area contributed by atoms with E-state index < -0.39 is 21.9 Å². The minimum Gasteiger partial charge on any atom is -0.482 e. The van der Waals surface area contributed by atoms with Gasteiger partial charge in [-0.25, -0.2) is 13.2 Å². The fourth-order valence-corrected chi connectivity index (χ4v) is 5.03. The standard InChI is InChI=1S/C27H30ClNO6S/c1-3-34-27(31)18-35-23-9-13-25(14-10-23)36(32,33)24-11-7-20(8-12-24)15-19(2)29-17-26(30)21-5-4-6-22(28)16-21/h4-14,16,19,26,29-30H,3,15,17-18H2,1-2H3/t19-,26+/m1/s1. The summed E-state index contributed by atoms with van der Waals surface area (Å²) >= 11 is 5.99. The Balaban J connectivity index is 1.55. The Morgan fingerprint density at radius 3 is 2.28 bits per heavy atom. The number of ether oxygens (including phenoxy) is 2. The number of rotatable bonds is 12. The minimum absolute atomic E-state index is 0.0587. The smallest absolute Gasteiger partial charge is 0.344 e. The predicted octanol–water partition coefficient (Wildman–Crippen LogP) is 4.37. The lowest BCUT2D eigenvalue weighted by molar-refractivity contribution is -0.145. The first kappa shape index (κ1) is 27.7. The van der Waals surface area contributed by atoms with Crippen molar-refractivity contribution >= 4 is 27.4 Å². The largest absolute Gasteiger partial charge is 0.482 e. The lowest BCUT2D eigenvalue weighted by atomic mass is 10.1. The Hall–Kier alpha value is -2.91. The molecular weight excluding hydrogens is 502 g/mol. The van der Waals surface area contributed by atoms with Crippen molar-refractivity contribution in [3.05, 3.63) is 88.9 Å². The van der Waals surface area contributed by atoms with Gasteiger partial charge in [0.05, 0.1) is 22.5 Å². The first-order valence-corrected chi connectivity index (χ1v) is 13.4. The van der Waals surface area contributed by atoms with Crippen LogP contribution in [-0.4, -0.2) is 45.3 Å². The number of carbonyl (C=O) groups excluding carboxylic acids is 1. The number of hydrogen-bond donors (Lipinski definition) is 2. The molecule has 0 fully saturated rings. The Kier molecular flexibility index (Phi) is 9.89. The molecule has 3 aromatic rings. The maximum absolute atomic E-state index is 13.0. The van der Waals surface area contributed by atoms with Gasteiger partial charge in [0.25, 0.3) is 0 Å². The molecule has 3 aromatic carbocycles. The normalized spacial score (nSPS) is 13.1. The van der Waals surface area contributed by atoms with Gasteiger partial charge in [-0.05, 0) is 79.9 Å². The van der Waals surface area contributed by atoms with E-state index in [0.29, 0.717) is 23.7 Å². The average Bonchev–Trinajstić information content (AvgIpc) is 2.87. The highest BCUT2D eigenvalue weighted by Gasteiger charge is 2.18. The van der Waals surface area contributed by atoms with Gasteiger partial charge < -0.3 is 19.9 Å². The molecular formula is C27H30ClNO6S. The molecule has 192 valence electrons. The molecule has 0 aliphatic heterocycles. The minimum atomic E-state index is -3.70. The first-order valence-electron chi connectivity index (χ1n) is 11.6. The van der Waals surface area contributed by atoms with Gasteiger partial charge in [-0.3, -0.25) is 0 Å². The second-order valence-corrected chi connectivity index (χ2v) is 10.7. The highest BCUT2D eigenvalue weighted by Crippen LogP contribution is 2.24. The summed E-state index contributed by atoms with van der Waals surface area (Å²) in [7, 11) is -3.70. The molecule has 36 heavy (non-hydrogen) atoms. The molecule has 0 aromatic heterocycles. The van der Waals surface area contributed by atoms with Gasteiger partial charge in [0.15, 0.2) is 6.61 Å². The summed E-state index contributed by atoms with van der Waals surface area (Å²) in [6.07, 6.45) is -0.0182. The van der Waals surface area contributed by atoms with Crippen LogP contribution in [0, 0.1) is 0 Å². The van der Waals surface area contributed by atoms with Crippen LogP contribution < -0.4 is 10.1 Å². The van der Waals surface area contributed by atoms with Crippen molar-refractivity contribution in [1.29, 1.82) is 0 Å². The number of sulfone groups is 1. The molecule has 0 saturated carbocycles. The third-order valence-corrected chi connectivity index (χ3v) is 7.49. The van der Waals surface area contributed by atoms with E-state index in [1.54, 1.807) is 49.4 Å². The molecule has 7 nitrogen and oxygen atoms in total. The first-order chi connectivity index (χ1) is 17.2. The van der Waals surface area contributed by atoms with Crippen LogP contribution in [0.25, 0.3) is 0 Å². The van der Waals surface area contributed by atoms with Gasteiger partial charge >= 0.3 is 5.97 Å². The zero-order chi connectivity index (χ0) is 26.1. The van der Waals surface area contributed by atoms with Crippen LogP contribution in [0.1, 0.15) is 31.1 Å². The quantitative estimate of drug-likeness (QED) is 0.335. The highest BCUT2D eigenvalue weighted by atomic mass is 35.5. The summed E-state index contributed by atoms with van der Waals surface area (Å²) in [6.45, 7) is 4.10. The number of nitrogens with one attached hydrogen (secondary N) is 1. The van der Waals surface area contributed by atoms with Gasteiger partial charge in [0.2, 0.25) is 9.84 Å². The molecule has 2 atom stereocenters. The fourth-order valence-electron chi connectivity index (χ4n) is 3.57. The van der Waals surface area contributed by atoms with E-state index in [1.807, 2.05) is 13.0 Å². The van der Waals surface area contributed by atoms with Gasteiger partial charge in [-0.2, -0.15) is 0 Å². The number of carbonyl (C=O) groups is 1. The summed E-state index contributed by atoms with van der Waals surface area (Å²) in [4.78, 5) is 11.7. The van der Waals surface area contributed by atoms with Gasteiger partial charge in [-0.1, -0.05) is 35.9 Å². The number of esters is 1. The fraction of sp³-hybridized carbons (Fsp3) is 0.296. The number of aliphatic hydroxyl groups excluding tert-OH is 1. The van der Waals surface area contributed by atoms with Crippen molar-refractivity contribution < 1.29 is 27.8 Å². The second kappa shape index (κ2) is 12.9. The Bertz CT molecular complexity index is 1250. The topological polar surface area (TPSA) is 102 Å². The van der Waals surface area contributed by atoms with Crippen molar-refractivity contribution in [2.24, 2.45) is 0 Å². The van der Waals surface area contributed by atoms with Crippen LogP contribution in [0.3, 0.4) is 0 Å². The van der Waals surface area contributed by atoms with Gasteiger partial charge in [-0.15, -0.1) is 0 Å². The van der Waals surface area contributed by atoms with Crippen molar-refractivity contribution in [2.45, 2.75) is 42.2 Å². The van der Waals surface area contributed by atoms with Crippen LogP contribution in [0.2, 0.25) is 5.02 Å². The van der Waals surface area contributed by atoms with E-state index in [1.165, 1.54) is 24.3 Å². The monoisotopic (exact) mass is 531 g/mol. The van der Waals surface area contributed by atoms with Crippen LogP contribution in [0.15, 0.2) is 82.6 Å². The molecule has 0 saturated heterocycles. The Morgan fingerprint density at radius 1 is 1.03 bits per heavy atom. The van der Waals surface area contributed by atoms with E-state index in [-0.39, 0.29) is 29.0 Å². The van der Waals surface area contributed by atoms with Crippen molar-refractivity contribution in [3.63, 3.8) is 0 Å². The number of aliphatic hydroxyl groups is 1. The maximum atomic E-state index is 13.0. The van der Waals surface area contributed by atoms with Crippen molar-refractivity contribution in [2.75, 3.05) is 19.8 Å². The molecule has 0 spiro atoms. The molecule has 2 N–H and O–H groups in total. The van der Waals surface area contributed by atoms with Crippen LogP contribution in [0.4, 0.5) is 0 Å². The third kappa shape index (κ3) is 7.80. The van der Waals surface area contributed by atoms with Gasteiger partial charge in [0.1, 0.15) is 5.75 Å². The average molecular weight is 532 g/mol. The Morgan fingerprint density at radius 2 is 1.67 bits per heavy atom. The molecule has 9 heteroatoms. The van der Waals surface area contributed by atoms with Gasteiger partial charge in [0, 0.05) is 17.6 Å². The maximum Gasteiger partial charge on any atom is 0.344 e. The Labute approximate surface area is 216 Å². The van der Waals surface area contributed by atoms with Crippen LogP contribution in [-0.2, 0) is 25.8 Å². The number of halogens is 1. The van der Waals surface area contributed by atoms with E-state index in [9.17, 15) is 18.3 Å². The molecule has 0 aliphatic carbocycles. The zero-order valence-electron chi connectivity index (χ0n) is 20.2. The summed E-state index contributed by atoms with van der Waals surface area (Å²) < 4.78 is 36.1. The zero-order valence-corrected chi connectivity index (χ0v) is 21.8. The number of hydrogen-bond acceptors (Lipinski definition) is 7. The highest BCUT2D eigenvalue weighted by molar-refractivity contribution is 7.91. The predicted molar refractivity (Wildman–Crippen MR) is 138 cm³/mol. The molecule has 0 bridgehead atoms. The summed E-state index contributed by atoms with van der Waals surface area (Å²) in [5.74, 6) is -0.115. The van der Waals surface area contributed by atoms with E-state index in [2.05, 4.69) is 5.32 Å². The lowest BCUT2D eigenvalue weighted by Crippen LogP contribution is -2.32. The van der Waals surface area contributed by atoms with Crippen molar-refractivity contribution in [3.8, 4) is 5.75 Å². The molecule has 0 heterocycles. The van der Waals surface area contributed by atoms with Crippen LogP contribution >= 0.6 is 11.6 Å². The third-order valence-electron chi connectivity index (χ3n) is 5.46. The molecule has 0 amide bonds. The molecule has 0 unspecified atom stereocenters. The molecule has 0 radical (unpaired) electrons.